The number of unbranched alkanes of at least 4 members (excludes halogenated alkanes) is 1. The summed E-state index contributed by atoms with van der Waals surface area (Å²) in [6.45, 7) is 6.89. The number of ether oxygens (including phenoxy) is 1. The number of rotatable bonds is 6. The van der Waals surface area contributed by atoms with Gasteiger partial charge in [0, 0.05) is 11.3 Å². The first kappa shape index (κ1) is 16.1. The Labute approximate surface area is 132 Å². The van der Waals surface area contributed by atoms with Crippen molar-refractivity contribution in [3.63, 3.8) is 0 Å². The molecule has 3 nitrogen and oxygen atoms in total. The Bertz CT molecular complexity index is 650. The Kier molecular flexibility index (Phi) is 5.59. The molecule has 2 aromatic carbocycles. The number of hydrogen-bond acceptors (Lipinski definition) is 2. The van der Waals surface area contributed by atoms with Crippen molar-refractivity contribution in [1.82, 2.24) is 0 Å². The Hall–Kier alpha value is -2.29. The van der Waals surface area contributed by atoms with E-state index < -0.39 is 0 Å². The van der Waals surface area contributed by atoms with Crippen molar-refractivity contribution in [3.05, 3.63) is 59.2 Å². The maximum atomic E-state index is 12.3. The van der Waals surface area contributed by atoms with Gasteiger partial charge < -0.3 is 10.1 Å². The van der Waals surface area contributed by atoms with Crippen LogP contribution in [0.2, 0.25) is 0 Å². The first-order valence-corrected chi connectivity index (χ1v) is 7.71. The lowest BCUT2D eigenvalue weighted by Gasteiger charge is -2.09. The second-order valence-electron chi connectivity index (χ2n) is 5.48. The molecule has 0 aromatic heterocycles. The van der Waals surface area contributed by atoms with Crippen molar-refractivity contribution < 1.29 is 9.53 Å². The Morgan fingerprint density at radius 3 is 2.64 bits per heavy atom. The van der Waals surface area contributed by atoms with E-state index in [4.69, 9.17) is 4.74 Å². The van der Waals surface area contributed by atoms with E-state index in [1.54, 1.807) is 12.1 Å². The van der Waals surface area contributed by atoms with Crippen LogP contribution in [0.25, 0.3) is 0 Å². The molecule has 0 spiro atoms. The topological polar surface area (TPSA) is 38.3 Å². The number of nitrogens with one attached hydrogen (secondary N) is 1. The summed E-state index contributed by atoms with van der Waals surface area (Å²) in [5, 5.41) is 2.93. The van der Waals surface area contributed by atoms with E-state index in [9.17, 15) is 4.79 Å². The lowest BCUT2D eigenvalue weighted by Crippen LogP contribution is -2.12. The Morgan fingerprint density at radius 2 is 1.91 bits per heavy atom. The van der Waals surface area contributed by atoms with Gasteiger partial charge in [-0.25, -0.2) is 0 Å². The van der Waals surface area contributed by atoms with Crippen LogP contribution < -0.4 is 10.1 Å². The number of carbonyl (C=O) groups is 1. The summed E-state index contributed by atoms with van der Waals surface area (Å²) < 4.78 is 5.64. The van der Waals surface area contributed by atoms with Crippen LogP contribution in [0.15, 0.2) is 42.5 Å². The number of hydrogen-bond donors (Lipinski definition) is 1. The summed E-state index contributed by atoms with van der Waals surface area (Å²) >= 11 is 0. The number of carbonyl (C=O) groups excluding carboxylic acids is 1. The van der Waals surface area contributed by atoms with Gasteiger partial charge in [0.15, 0.2) is 0 Å². The molecule has 1 amide bonds. The van der Waals surface area contributed by atoms with Gasteiger partial charge in [-0.05, 0) is 61.7 Å². The minimum Gasteiger partial charge on any atom is -0.494 e. The molecule has 116 valence electrons. The minimum atomic E-state index is -0.121. The number of benzene rings is 2. The molecule has 0 aliphatic carbocycles. The molecule has 0 atom stereocenters. The van der Waals surface area contributed by atoms with Gasteiger partial charge in [-0.2, -0.15) is 0 Å². The molecule has 0 saturated heterocycles. The molecule has 0 fully saturated rings. The molecule has 1 N–H and O–H groups in total. The van der Waals surface area contributed by atoms with Crippen molar-refractivity contribution in [3.8, 4) is 5.75 Å². The third-order valence-electron chi connectivity index (χ3n) is 3.63. The van der Waals surface area contributed by atoms with Gasteiger partial charge in [0.05, 0.1) is 6.61 Å². The first-order valence-electron chi connectivity index (χ1n) is 7.71. The predicted octanol–water partition coefficient (Wildman–Crippen LogP) is 4.73. The van der Waals surface area contributed by atoms with Crippen molar-refractivity contribution in [2.75, 3.05) is 11.9 Å². The fourth-order valence-corrected chi connectivity index (χ4v) is 2.08. The molecule has 22 heavy (non-hydrogen) atoms. The van der Waals surface area contributed by atoms with Crippen molar-refractivity contribution in [1.29, 1.82) is 0 Å². The van der Waals surface area contributed by atoms with Crippen LogP contribution in [-0.2, 0) is 0 Å². The van der Waals surface area contributed by atoms with Crippen LogP contribution in [0.4, 0.5) is 5.69 Å². The zero-order chi connectivity index (χ0) is 15.9. The Morgan fingerprint density at radius 1 is 1.09 bits per heavy atom. The molecule has 0 bridgehead atoms. The van der Waals surface area contributed by atoms with Gasteiger partial charge in [-0.1, -0.05) is 25.5 Å². The molecule has 0 aliphatic heterocycles. The lowest BCUT2D eigenvalue weighted by atomic mass is 10.1. The molecule has 3 heteroatoms. The minimum absolute atomic E-state index is 0.121. The van der Waals surface area contributed by atoms with E-state index in [0.717, 1.165) is 29.8 Å². The Balaban J connectivity index is 2.05. The summed E-state index contributed by atoms with van der Waals surface area (Å²) in [5.41, 5.74) is 3.79. The predicted molar refractivity (Wildman–Crippen MR) is 90.7 cm³/mol. The van der Waals surface area contributed by atoms with Crippen LogP contribution in [0.1, 0.15) is 41.3 Å². The maximum Gasteiger partial charge on any atom is 0.255 e. The molecular weight excluding hydrogens is 274 g/mol. The number of amides is 1. The molecule has 2 rings (SSSR count). The molecule has 0 aliphatic rings. The van der Waals surface area contributed by atoms with E-state index in [1.807, 2.05) is 37.3 Å². The highest BCUT2D eigenvalue weighted by molar-refractivity contribution is 6.04. The summed E-state index contributed by atoms with van der Waals surface area (Å²) in [6.07, 6.45) is 2.10. The quantitative estimate of drug-likeness (QED) is 0.782. The maximum absolute atomic E-state index is 12.3. The highest BCUT2D eigenvalue weighted by atomic mass is 16.5. The summed E-state index contributed by atoms with van der Waals surface area (Å²) in [6, 6.07) is 13.2. The second kappa shape index (κ2) is 7.64. The van der Waals surface area contributed by atoms with E-state index in [2.05, 4.69) is 19.2 Å². The van der Waals surface area contributed by atoms with Crippen LogP contribution in [0.5, 0.6) is 5.75 Å². The van der Waals surface area contributed by atoms with Crippen LogP contribution in [0.3, 0.4) is 0 Å². The van der Waals surface area contributed by atoms with Crippen molar-refractivity contribution in [2.45, 2.75) is 33.6 Å². The third-order valence-corrected chi connectivity index (χ3v) is 3.63. The van der Waals surface area contributed by atoms with E-state index in [-0.39, 0.29) is 5.91 Å². The smallest absolute Gasteiger partial charge is 0.255 e. The molecule has 2 aromatic rings. The normalized spacial score (nSPS) is 10.3. The monoisotopic (exact) mass is 297 g/mol. The highest BCUT2D eigenvalue weighted by Crippen LogP contribution is 2.18. The van der Waals surface area contributed by atoms with Gasteiger partial charge in [0.1, 0.15) is 5.75 Å². The molecule has 0 radical (unpaired) electrons. The zero-order valence-electron chi connectivity index (χ0n) is 13.5. The van der Waals surface area contributed by atoms with Gasteiger partial charge in [-0.3, -0.25) is 4.79 Å². The van der Waals surface area contributed by atoms with Crippen LogP contribution >= 0.6 is 0 Å². The zero-order valence-corrected chi connectivity index (χ0v) is 13.5. The fourth-order valence-electron chi connectivity index (χ4n) is 2.08. The lowest BCUT2D eigenvalue weighted by molar-refractivity contribution is 0.102. The van der Waals surface area contributed by atoms with Crippen LogP contribution in [-0.4, -0.2) is 12.5 Å². The average Bonchev–Trinajstić information content (AvgIpc) is 2.51. The third kappa shape index (κ3) is 4.35. The number of aryl methyl sites for hydroxylation is 2. The molecule has 0 unspecified atom stereocenters. The second-order valence-corrected chi connectivity index (χ2v) is 5.48. The molecular formula is C19H23NO2. The van der Waals surface area contributed by atoms with Gasteiger partial charge in [-0.15, -0.1) is 0 Å². The average molecular weight is 297 g/mol. The van der Waals surface area contributed by atoms with Gasteiger partial charge >= 0.3 is 0 Å². The largest absolute Gasteiger partial charge is 0.494 e. The van der Waals surface area contributed by atoms with Crippen molar-refractivity contribution >= 4 is 11.6 Å². The number of anilines is 1. The van der Waals surface area contributed by atoms with E-state index in [1.165, 1.54) is 5.56 Å². The highest BCUT2D eigenvalue weighted by Gasteiger charge is 2.08. The first-order chi connectivity index (χ1) is 10.6. The standard InChI is InChI=1S/C19H23NO2/c1-4-5-11-22-18-8-6-7-16(13-18)19(21)20-17-10-9-14(2)15(3)12-17/h6-10,12-13H,4-5,11H2,1-3H3,(H,20,21). The van der Waals surface area contributed by atoms with Gasteiger partial charge in [0.2, 0.25) is 0 Å². The molecule has 0 heterocycles. The van der Waals surface area contributed by atoms with Crippen LogP contribution in [0, 0.1) is 13.8 Å². The summed E-state index contributed by atoms with van der Waals surface area (Å²) in [4.78, 5) is 12.3. The fraction of sp³-hybridized carbons (Fsp3) is 0.316. The van der Waals surface area contributed by atoms with Crippen molar-refractivity contribution in [2.24, 2.45) is 0 Å². The van der Waals surface area contributed by atoms with E-state index in [0.29, 0.717) is 12.2 Å². The SMILES string of the molecule is CCCCOc1cccc(C(=O)Nc2ccc(C)c(C)c2)c1. The van der Waals surface area contributed by atoms with E-state index >= 15 is 0 Å². The summed E-state index contributed by atoms with van der Waals surface area (Å²) in [7, 11) is 0. The molecule has 0 saturated carbocycles. The summed E-state index contributed by atoms with van der Waals surface area (Å²) in [5.74, 6) is 0.616. The van der Waals surface area contributed by atoms with Gasteiger partial charge in [0.25, 0.3) is 5.91 Å².